The van der Waals surface area contributed by atoms with Crippen LogP contribution in [0.5, 0.6) is 0 Å². The van der Waals surface area contributed by atoms with Crippen LogP contribution in [-0.2, 0) is 12.7 Å². The lowest BCUT2D eigenvalue weighted by molar-refractivity contribution is -0.144. The van der Waals surface area contributed by atoms with E-state index in [4.69, 9.17) is 0 Å². The smallest absolute Gasteiger partial charge is 0.365 e. The minimum Gasteiger partial charge on any atom is -0.365 e. The first kappa shape index (κ1) is 20.6. The lowest BCUT2D eigenvalue weighted by Gasteiger charge is -2.21. The topological polar surface area (TPSA) is 58.1 Å². The predicted molar refractivity (Wildman–Crippen MR) is 106 cm³/mol. The van der Waals surface area contributed by atoms with Crippen molar-refractivity contribution in [2.75, 3.05) is 12.4 Å². The van der Waals surface area contributed by atoms with Crippen molar-refractivity contribution < 1.29 is 18.0 Å². The molecule has 0 unspecified atom stereocenters. The van der Waals surface area contributed by atoms with Crippen LogP contribution in [0, 0.1) is 0 Å². The second-order valence-corrected chi connectivity index (χ2v) is 6.97. The molecule has 0 radical (unpaired) electrons. The zero-order valence-corrected chi connectivity index (χ0v) is 16.3. The first-order valence-corrected chi connectivity index (χ1v) is 9.11. The standard InChI is InChI=1S/C21H21F3N4O/c1-13(2)28(3)19(29)15-10-8-14(9-11-15)12-25-18-16-6-4-5-7-17(16)26-20(27-18)21(22,23)24/h4-11,13H,12H2,1-3H3,(H,25,26,27). The molecule has 1 N–H and O–H groups in total. The maximum absolute atomic E-state index is 13.1. The normalized spacial score (nSPS) is 11.7. The second kappa shape index (κ2) is 8.06. The number of halogens is 3. The van der Waals surface area contributed by atoms with Gasteiger partial charge >= 0.3 is 6.18 Å². The van der Waals surface area contributed by atoms with Crippen molar-refractivity contribution in [2.24, 2.45) is 0 Å². The number of nitrogens with zero attached hydrogens (tertiary/aromatic N) is 3. The van der Waals surface area contributed by atoms with Gasteiger partial charge in [-0.25, -0.2) is 9.97 Å². The molecule has 2 aromatic carbocycles. The molecule has 3 rings (SSSR count). The molecule has 3 aromatic rings. The third-order valence-corrected chi connectivity index (χ3v) is 4.61. The van der Waals surface area contributed by atoms with Crippen LogP contribution >= 0.6 is 0 Å². The van der Waals surface area contributed by atoms with Gasteiger partial charge in [-0.1, -0.05) is 24.3 Å². The van der Waals surface area contributed by atoms with Crippen LogP contribution in [0.2, 0.25) is 0 Å². The van der Waals surface area contributed by atoms with Crippen molar-refractivity contribution in [3.05, 3.63) is 65.5 Å². The number of aromatic nitrogens is 2. The van der Waals surface area contributed by atoms with Gasteiger partial charge in [0.25, 0.3) is 5.91 Å². The molecule has 1 amide bonds. The van der Waals surface area contributed by atoms with Gasteiger partial charge in [-0.2, -0.15) is 13.2 Å². The average Bonchev–Trinajstić information content (AvgIpc) is 2.70. The summed E-state index contributed by atoms with van der Waals surface area (Å²) in [5.74, 6) is -1.16. The van der Waals surface area contributed by atoms with Crippen molar-refractivity contribution in [2.45, 2.75) is 32.6 Å². The molecule has 8 heteroatoms. The molecule has 5 nitrogen and oxygen atoms in total. The van der Waals surface area contributed by atoms with E-state index in [0.29, 0.717) is 10.9 Å². The number of hydrogen-bond donors (Lipinski definition) is 1. The van der Waals surface area contributed by atoms with E-state index in [1.165, 1.54) is 6.07 Å². The number of nitrogens with one attached hydrogen (secondary N) is 1. The Bertz CT molecular complexity index is 1020. The van der Waals surface area contributed by atoms with Gasteiger partial charge in [0.2, 0.25) is 5.82 Å². The van der Waals surface area contributed by atoms with Gasteiger partial charge in [0.05, 0.1) is 5.52 Å². The Labute approximate surface area is 166 Å². The monoisotopic (exact) mass is 402 g/mol. The number of benzene rings is 2. The van der Waals surface area contributed by atoms with E-state index >= 15 is 0 Å². The summed E-state index contributed by atoms with van der Waals surface area (Å²) in [6.07, 6.45) is -4.63. The SMILES string of the molecule is CC(C)N(C)C(=O)c1ccc(CNc2nc(C(F)(F)F)nc3ccccc23)cc1. The van der Waals surface area contributed by atoms with Gasteiger partial charge in [0, 0.05) is 30.6 Å². The average molecular weight is 402 g/mol. The van der Waals surface area contributed by atoms with E-state index in [0.717, 1.165) is 5.56 Å². The predicted octanol–water partition coefficient (Wildman–Crippen LogP) is 4.74. The van der Waals surface area contributed by atoms with E-state index < -0.39 is 12.0 Å². The molecule has 29 heavy (non-hydrogen) atoms. The Hall–Kier alpha value is -3.16. The van der Waals surface area contributed by atoms with Gasteiger partial charge < -0.3 is 10.2 Å². The molecule has 0 fully saturated rings. The minimum absolute atomic E-state index is 0.0812. The number of anilines is 1. The Morgan fingerprint density at radius 1 is 1.07 bits per heavy atom. The number of para-hydroxylation sites is 1. The Morgan fingerprint density at radius 3 is 2.34 bits per heavy atom. The van der Waals surface area contributed by atoms with Gasteiger partial charge in [-0.05, 0) is 43.7 Å². The molecule has 0 aliphatic heterocycles. The number of fused-ring (bicyclic) bond motifs is 1. The summed E-state index contributed by atoms with van der Waals surface area (Å²) in [5, 5.41) is 3.47. The zero-order chi connectivity index (χ0) is 21.2. The largest absolute Gasteiger partial charge is 0.451 e. The van der Waals surface area contributed by atoms with Gasteiger partial charge in [0.15, 0.2) is 0 Å². The third kappa shape index (κ3) is 4.64. The summed E-state index contributed by atoms with van der Waals surface area (Å²) in [5.41, 5.74) is 1.58. The van der Waals surface area contributed by atoms with Gasteiger partial charge in [-0.15, -0.1) is 0 Å². The fourth-order valence-corrected chi connectivity index (χ4v) is 2.73. The van der Waals surface area contributed by atoms with Crippen LogP contribution in [0.4, 0.5) is 19.0 Å². The van der Waals surface area contributed by atoms with Crippen molar-refractivity contribution in [3.63, 3.8) is 0 Å². The van der Waals surface area contributed by atoms with E-state index in [1.807, 2.05) is 13.8 Å². The Morgan fingerprint density at radius 2 is 1.72 bits per heavy atom. The number of carbonyl (C=O) groups excluding carboxylic acids is 1. The quantitative estimate of drug-likeness (QED) is 0.670. The lowest BCUT2D eigenvalue weighted by atomic mass is 10.1. The van der Waals surface area contributed by atoms with E-state index in [2.05, 4.69) is 15.3 Å². The fraction of sp³-hybridized carbons (Fsp3) is 0.286. The van der Waals surface area contributed by atoms with Gasteiger partial charge in [0.1, 0.15) is 5.82 Å². The number of alkyl halides is 3. The maximum Gasteiger partial charge on any atom is 0.451 e. The van der Waals surface area contributed by atoms with Crippen LogP contribution in [0.25, 0.3) is 10.9 Å². The molecule has 1 aromatic heterocycles. The number of carbonyl (C=O) groups is 1. The van der Waals surface area contributed by atoms with Crippen LogP contribution < -0.4 is 5.32 Å². The highest BCUT2D eigenvalue weighted by Gasteiger charge is 2.35. The van der Waals surface area contributed by atoms with Crippen LogP contribution in [-0.4, -0.2) is 33.9 Å². The third-order valence-electron chi connectivity index (χ3n) is 4.61. The highest BCUT2D eigenvalue weighted by atomic mass is 19.4. The number of amides is 1. The summed E-state index contributed by atoms with van der Waals surface area (Å²) in [7, 11) is 1.74. The van der Waals surface area contributed by atoms with Crippen molar-refractivity contribution in [1.82, 2.24) is 14.9 Å². The van der Waals surface area contributed by atoms with Crippen molar-refractivity contribution in [1.29, 1.82) is 0 Å². The van der Waals surface area contributed by atoms with Crippen LogP contribution in [0.3, 0.4) is 0 Å². The second-order valence-electron chi connectivity index (χ2n) is 6.97. The summed E-state index contributed by atoms with van der Waals surface area (Å²) in [6.45, 7) is 4.11. The fourth-order valence-electron chi connectivity index (χ4n) is 2.73. The highest BCUT2D eigenvalue weighted by molar-refractivity contribution is 5.94. The minimum atomic E-state index is -4.63. The summed E-state index contributed by atoms with van der Waals surface area (Å²) in [4.78, 5) is 21.3. The van der Waals surface area contributed by atoms with E-state index in [9.17, 15) is 18.0 Å². The van der Waals surface area contributed by atoms with Crippen molar-refractivity contribution >= 4 is 22.6 Å². The first-order chi connectivity index (χ1) is 13.7. The molecular formula is C21H21F3N4O. The molecule has 0 saturated heterocycles. The number of hydrogen-bond acceptors (Lipinski definition) is 4. The summed E-state index contributed by atoms with van der Waals surface area (Å²) in [6, 6.07) is 13.6. The Kier molecular flexibility index (Phi) is 5.72. The van der Waals surface area contributed by atoms with Crippen LogP contribution in [0.15, 0.2) is 48.5 Å². The molecule has 0 bridgehead atoms. The zero-order valence-electron chi connectivity index (χ0n) is 16.3. The molecule has 0 spiro atoms. The Balaban J connectivity index is 1.81. The molecule has 0 atom stereocenters. The lowest BCUT2D eigenvalue weighted by Crippen LogP contribution is -2.32. The maximum atomic E-state index is 13.1. The van der Waals surface area contributed by atoms with E-state index in [-0.39, 0.29) is 29.8 Å². The molecule has 152 valence electrons. The molecule has 0 saturated carbocycles. The highest BCUT2D eigenvalue weighted by Crippen LogP contribution is 2.30. The van der Waals surface area contributed by atoms with Crippen molar-refractivity contribution in [3.8, 4) is 0 Å². The van der Waals surface area contributed by atoms with Crippen LogP contribution in [0.1, 0.15) is 35.6 Å². The first-order valence-electron chi connectivity index (χ1n) is 9.11. The number of rotatable bonds is 5. The molecular weight excluding hydrogens is 381 g/mol. The molecule has 0 aliphatic rings. The van der Waals surface area contributed by atoms with Gasteiger partial charge in [-0.3, -0.25) is 4.79 Å². The summed E-state index contributed by atoms with van der Waals surface area (Å²) < 4.78 is 39.3. The molecule has 1 heterocycles. The van der Waals surface area contributed by atoms with E-state index in [1.54, 1.807) is 54.4 Å². The molecule has 0 aliphatic carbocycles. The summed E-state index contributed by atoms with van der Waals surface area (Å²) >= 11 is 0.